The van der Waals surface area contributed by atoms with E-state index in [0.717, 1.165) is 24.7 Å². The van der Waals surface area contributed by atoms with Gasteiger partial charge < -0.3 is 5.32 Å². The predicted molar refractivity (Wildman–Crippen MR) is 86.0 cm³/mol. The highest BCUT2D eigenvalue weighted by Crippen LogP contribution is 2.57. The monoisotopic (exact) mass is 295 g/mol. The van der Waals surface area contributed by atoms with Crippen molar-refractivity contribution in [2.24, 2.45) is 29.6 Å². The summed E-state index contributed by atoms with van der Waals surface area (Å²) in [5.74, 6) is 3.93. The predicted octanol–water partition coefficient (Wildman–Crippen LogP) is 3.86. The summed E-state index contributed by atoms with van der Waals surface area (Å²) in [6, 6.07) is 10.6. The summed E-state index contributed by atoms with van der Waals surface area (Å²) < 4.78 is 0. The van der Waals surface area contributed by atoms with E-state index in [9.17, 15) is 4.79 Å². The van der Waals surface area contributed by atoms with Crippen LogP contribution >= 0.6 is 0 Å². The van der Waals surface area contributed by atoms with Crippen LogP contribution in [0.3, 0.4) is 0 Å². The number of hydrogen-bond donors (Lipinski definition) is 1. The Bertz CT molecular complexity index is 561. The molecule has 1 amide bonds. The van der Waals surface area contributed by atoms with E-state index in [1.165, 1.54) is 37.7 Å². The van der Waals surface area contributed by atoms with Gasteiger partial charge in [-0.2, -0.15) is 0 Å². The summed E-state index contributed by atoms with van der Waals surface area (Å²) in [5, 5.41) is 3.47. The van der Waals surface area contributed by atoms with Gasteiger partial charge in [-0.1, -0.05) is 30.3 Å². The fourth-order valence-electron chi connectivity index (χ4n) is 6.04. The van der Waals surface area contributed by atoms with E-state index >= 15 is 0 Å². The van der Waals surface area contributed by atoms with E-state index in [2.05, 4.69) is 35.6 Å². The molecule has 2 nitrogen and oxygen atoms in total. The lowest BCUT2D eigenvalue weighted by atomic mass is 9.51. The van der Waals surface area contributed by atoms with Gasteiger partial charge in [0.1, 0.15) is 0 Å². The molecule has 0 saturated heterocycles. The Morgan fingerprint density at radius 2 is 1.50 bits per heavy atom. The summed E-state index contributed by atoms with van der Waals surface area (Å²) in [6.07, 6.45) is 8.96. The van der Waals surface area contributed by atoms with Crippen LogP contribution in [0.15, 0.2) is 30.3 Å². The van der Waals surface area contributed by atoms with E-state index in [1.54, 1.807) is 0 Å². The Morgan fingerprint density at radius 3 is 2.05 bits per heavy atom. The lowest BCUT2D eigenvalue weighted by Crippen LogP contribution is -2.52. The van der Waals surface area contributed by atoms with Crippen LogP contribution < -0.4 is 5.32 Å². The van der Waals surface area contributed by atoms with Gasteiger partial charge in [-0.3, -0.25) is 4.79 Å². The van der Waals surface area contributed by atoms with Gasteiger partial charge in [0.05, 0.1) is 5.54 Å². The molecule has 5 saturated carbocycles. The third-order valence-electron chi connectivity index (χ3n) is 6.97. The summed E-state index contributed by atoms with van der Waals surface area (Å²) in [6.45, 7) is 0. The minimum atomic E-state index is -0.0347. The van der Waals surface area contributed by atoms with Crippen LogP contribution in [0.5, 0.6) is 0 Å². The van der Waals surface area contributed by atoms with Crippen LogP contribution in [0.2, 0.25) is 0 Å². The fraction of sp³-hybridized carbons (Fsp3) is 0.650. The first-order valence-electron chi connectivity index (χ1n) is 9.11. The molecule has 6 rings (SSSR count). The molecule has 4 bridgehead atoms. The fourth-order valence-corrected chi connectivity index (χ4v) is 6.04. The van der Waals surface area contributed by atoms with E-state index in [1.807, 2.05) is 0 Å². The van der Waals surface area contributed by atoms with E-state index in [4.69, 9.17) is 0 Å². The molecule has 5 fully saturated rings. The van der Waals surface area contributed by atoms with Crippen molar-refractivity contribution >= 4 is 5.91 Å². The summed E-state index contributed by atoms with van der Waals surface area (Å²) in [7, 11) is 0. The third-order valence-corrected chi connectivity index (χ3v) is 6.97. The second kappa shape index (κ2) is 4.59. The zero-order chi connectivity index (χ0) is 14.7. The molecule has 5 aliphatic rings. The average Bonchev–Trinajstić information content (AvgIpc) is 3.28. The van der Waals surface area contributed by atoms with Crippen molar-refractivity contribution in [3.8, 4) is 0 Å². The Balaban J connectivity index is 1.35. The SMILES string of the molecule is O=C(NC1(c2ccccc2)CC1)C1C2CC3CC(C2)CC1C3. The number of carbonyl (C=O) groups excluding carboxylic acids is 1. The van der Waals surface area contributed by atoms with E-state index in [-0.39, 0.29) is 5.54 Å². The van der Waals surface area contributed by atoms with Gasteiger partial charge in [-0.05, 0) is 74.2 Å². The van der Waals surface area contributed by atoms with Gasteiger partial charge >= 0.3 is 0 Å². The highest BCUT2D eigenvalue weighted by molar-refractivity contribution is 5.81. The number of rotatable bonds is 3. The Kier molecular flexibility index (Phi) is 2.75. The van der Waals surface area contributed by atoms with Crippen LogP contribution in [0.25, 0.3) is 0 Å². The minimum Gasteiger partial charge on any atom is -0.346 e. The molecule has 0 spiro atoms. The van der Waals surface area contributed by atoms with Crippen molar-refractivity contribution in [1.82, 2.24) is 5.32 Å². The number of benzene rings is 1. The van der Waals surface area contributed by atoms with Crippen molar-refractivity contribution in [1.29, 1.82) is 0 Å². The molecule has 1 aromatic rings. The van der Waals surface area contributed by atoms with Crippen LogP contribution in [0, 0.1) is 29.6 Å². The maximum atomic E-state index is 13.1. The number of carbonyl (C=O) groups is 1. The first-order valence-corrected chi connectivity index (χ1v) is 9.11. The zero-order valence-electron chi connectivity index (χ0n) is 13.1. The van der Waals surface area contributed by atoms with Gasteiger partial charge in [0.25, 0.3) is 0 Å². The van der Waals surface area contributed by atoms with Gasteiger partial charge in [0, 0.05) is 5.92 Å². The van der Waals surface area contributed by atoms with Crippen molar-refractivity contribution in [2.45, 2.75) is 50.5 Å². The average molecular weight is 295 g/mol. The highest BCUT2D eigenvalue weighted by atomic mass is 16.2. The maximum Gasteiger partial charge on any atom is 0.224 e. The normalized spacial score (nSPS) is 40.5. The molecule has 0 aromatic heterocycles. The lowest BCUT2D eigenvalue weighted by Gasteiger charge is -2.53. The second-order valence-corrected chi connectivity index (χ2v) is 8.39. The van der Waals surface area contributed by atoms with Crippen molar-refractivity contribution < 1.29 is 4.79 Å². The zero-order valence-corrected chi connectivity index (χ0v) is 13.1. The van der Waals surface area contributed by atoms with Crippen LogP contribution in [0.1, 0.15) is 50.5 Å². The number of amides is 1. The number of hydrogen-bond acceptors (Lipinski definition) is 1. The van der Waals surface area contributed by atoms with Gasteiger partial charge in [0.2, 0.25) is 5.91 Å². The van der Waals surface area contributed by atoms with Gasteiger partial charge in [-0.25, -0.2) is 0 Å². The molecular formula is C20H25NO. The molecular weight excluding hydrogens is 270 g/mol. The smallest absolute Gasteiger partial charge is 0.224 e. The molecule has 0 atom stereocenters. The molecule has 0 aliphatic heterocycles. The molecule has 1 N–H and O–H groups in total. The summed E-state index contributed by atoms with van der Waals surface area (Å²) in [5.41, 5.74) is 1.26. The summed E-state index contributed by atoms with van der Waals surface area (Å²) >= 11 is 0. The summed E-state index contributed by atoms with van der Waals surface area (Å²) in [4.78, 5) is 13.1. The first-order chi connectivity index (χ1) is 10.7. The molecule has 1 aromatic carbocycles. The van der Waals surface area contributed by atoms with Crippen molar-refractivity contribution in [3.05, 3.63) is 35.9 Å². The molecule has 22 heavy (non-hydrogen) atoms. The van der Waals surface area contributed by atoms with Gasteiger partial charge in [-0.15, -0.1) is 0 Å². The largest absolute Gasteiger partial charge is 0.346 e. The van der Waals surface area contributed by atoms with Crippen molar-refractivity contribution in [3.63, 3.8) is 0 Å². The lowest BCUT2D eigenvalue weighted by molar-refractivity contribution is -0.139. The number of nitrogens with one attached hydrogen (secondary N) is 1. The second-order valence-electron chi connectivity index (χ2n) is 8.39. The standard InChI is InChI=1S/C20H25NO/c22-19(21-20(6-7-20)17-4-2-1-3-5-17)18-15-9-13-8-14(11-15)12-16(18)10-13/h1-5,13-16,18H,6-12H2,(H,21,22). The highest BCUT2D eigenvalue weighted by Gasteiger charge is 2.53. The third kappa shape index (κ3) is 1.96. The van der Waals surface area contributed by atoms with E-state index < -0.39 is 0 Å². The molecule has 5 aliphatic carbocycles. The molecule has 116 valence electrons. The van der Waals surface area contributed by atoms with Crippen LogP contribution in [-0.4, -0.2) is 5.91 Å². The minimum absolute atomic E-state index is 0.0347. The first kappa shape index (κ1) is 13.2. The van der Waals surface area contributed by atoms with E-state index in [0.29, 0.717) is 23.7 Å². The Hall–Kier alpha value is -1.31. The van der Waals surface area contributed by atoms with Gasteiger partial charge in [0.15, 0.2) is 0 Å². The van der Waals surface area contributed by atoms with Crippen LogP contribution in [-0.2, 0) is 10.3 Å². The molecule has 0 radical (unpaired) electrons. The van der Waals surface area contributed by atoms with Crippen molar-refractivity contribution in [2.75, 3.05) is 0 Å². The Morgan fingerprint density at radius 1 is 0.909 bits per heavy atom. The molecule has 2 heteroatoms. The molecule has 0 heterocycles. The molecule has 0 unspecified atom stereocenters. The Labute approximate surface area is 132 Å². The topological polar surface area (TPSA) is 29.1 Å². The van der Waals surface area contributed by atoms with Crippen LogP contribution in [0.4, 0.5) is 0 Å². The maximum absolute atomic E-state index is 13.1. The quantitative estimate of drug-likeness (QED) is 0.901.